The summed E-state index contributed by atoms with van der Waals surface area (Å²) in [7, 11) is 0. The average molecular weight is 246 g/mol. The number of urea groups is 1. The van der Waals surface area contributed by atoms with Crippen molar-refractivity contribution in [3.63, 3.8) is 0 Å². The first-order valence-electron chi connectivity index (χ1n) is 4.61. The highest BCUT2D eigenvalue weighted by Crippen LogP contribution is 1.92. The Labute approximate surface area is 96.5 Å². The standard InChI is InChI=1S/C8H14N4O5/c1-3(6(10)14)11-8(17)12-4(7(15)16)2-5(9)13/h3-4H,2H2,1H3,(H2,9,13)(H2,10,14)(H,15,16)(H2,11,12,17)/t3?,4-/m1/s1. The van der Waals surface area contributed by atoms with Gasteiger partial charge in [-0.1, -0.05) is 0 Å². The minimum Gasteiger partial charge on any atom is -0.480 e. The second kappa shape index (κ2) is 6.30. The number of carbonyl (C=O) groups excluding carboxylic acids is 3. The molecule has 0 rings (SSSR count). The molecule has 0 aromatic heterocycles. The molecular formula is C8H14N4O5. The van der Waals surface area contributed by atoms with E-state index in [2.05, 4.69) is 5.32 Å². The van der Waals surface area contributed by atoms with Crippen molar-refractivity contribution in [1.29, 1.82) is 0 Å². The molecule has 0 bridgehead atoms. The third-order valence-corrected chi connectivity index (χ3v) is 1.78. The molecule has 0 aromatic carbocycles. The molecule has 0 spiro atoms. The molecule has 9 nitrogen and oxygen atoms in total. The van der Waals surface area contributed by atoms with Crippen molar-refractivity contribution in [2.45, 2.75) is 25.4 Å². The Morgan fingerprint density at radius 1 is 1.18 bits per heavy atom. The van der Waals surface area contributed by atoms with Crippen LogP contribution >= 0.6 is 0 Å². The number of nitrogens with one attached hydrogen (secondary N) is 2. The number of hydrogen-bond acceptors (Lipinski definition) is 4. The van der Waals surface area contributed by atoms with Gasteiger partial charge in [0.2, 0.25) is 11.8 Å². The fourth-order valence-electron chi connectivity index (χ4n) is 0.869. The maximum absolute atomic E-state index is 11.2. The zero-order chi connectivity index (χ0) is 13.6. The van der Waals surface area contributed by atoms with Gasteiger partial charge in [0, 0.05) is 0 Å². The lowest BCUT2D eigenvalue weighted by atomic mass is 10.2. The van der Waals surface area contributed by atoms with Crippen LogP contribution in [0.4, 0.5) is 4.79 Å². The number of carbonyl (C=O) groups is 4. The smallest absolute Gasteiger partial charge is 0.326 e. The maximum Gasteiger partial charge on any atom is 0.326 e. The van der Waals surface area contributed by atoms with Gasteiger partial charge in [-0.3, -0.25) is 9.59 Å². The summed E-state index contributed by atoms with van der Waals surface area (Å²) < 4.78 is 0. The highest BCUT2D eigenvalue weighted by molar-refractivity contribution is 5.89. The highest BCUT2D eigenvalue weighted by Gasteiger charge is 2.23. The average Bonchev–Trinajstić information content (AvgIpc) is 2.15. The molecule has 17 heavy (non-hydrogen) atoms. The first kappa shape index (κ1) is 14.7. The van der Waals surface area contributed by atoms with Crippen molar-refractivity contribution in [3.05, 3.63) is 0 Å². The van der Waals surface area contributed by atoms with Crippen LogP contribution in [0.25, 0.3) is 0 Å². The largest absolute Gasteiger partial charge is 0.480 e. The third-order valence-electron chi connectivity index (χ3n) is 1.78. The van der Waals surface area contributed by atoms with E-state index in [-0.39, 0.29) is 0 Å². The molecule has 0 fully saturated rings. The molecule has 0 aliphatic carbocycles. The molecule has 0 heterocycles. The minimum absolute atomic E-state index is 0.548. The van der Waals surface area contributed by atoms with Crippen molar-refractivity contribution in [3.8, 4) is 0 Å². The molecule has 2 atom stereocenters. The van der Waals surface area contributed by atoms with Crippen LogP contribution in [0, 0.1) is 0 Å². The molecule has 0 radical (unpaired) electrons. The van der Waals surface area contributed by atoms with Crippen LogP contribution < -0.4 is 22.1 Å². The van der Waals surface area contributed by atoms with Gasteiger partial charge in [-0.15, -0.1) is 0 Å². The summed E-state index contributed by atoms with van der Waals surface area (Å²) in [4.78, 5) is 43.0. The molecule has 96 valence electrons. The molecule has 1 unspecified atom stereocenters. The predicted octanol–water partition coefficient (Wildman–Crippen LogP) is -2.51. The molecular weight excluding hydrogens is 232 g/mol. The van der Waals surface area contributed by atoms with Gasteiger partial charge in [-0.05, 0) is 6.92 Å². The van der Waals surface area contributed by atoms with Crippen LogP contribution in [0.3, 0.4) is 0 Å². The van der Waals surface area contributed by atoms with E-state index in [1.165, 1.54) is 6.92 Å². The Bertz CT molecular complexity index is 343. The topological polar surface area (TPSA) is 165 Å². The van der Waals surface area contributed by atoms with E-state index in [9.17, 15) is 19.2 Å². The Balaban J connectivity index is 4.36. The second-order valence-electron chi connectivity index (χ2n) is 3.30. The third kappa shape index (κ3) is 5.97. The fourth-order valence-corrected chi connectivity index (χ4v) is 0.869. The minimum atomic E-state index is -1.45. The van der Waals surface area contributed by atoms with Crippen LogP contribution in [0.1, 0.15) is 13.3 Å². The number of amides is 4. The summed E-state index contributed by atoms with van der Waals surface area (Å²) >= 11 is 0. The molecule has 0 saturated carbocycles. The normalized spacial score (nSPS) is 13.2. The molecule has 4 amide bonds. The van der Waals surface area contributed by atoms with E-state index >= 15 is 0 Å². The van der Waals surface area contributed by atoms with Crippen LogP contribution in [0.5, 0.6) is 0 Å². The monoisotopic (exact) mass is 246 g/mol. The van der Waals surface area contributed by atoms with Crippen LogP contribution in [0.2, 0.25) is 0 Å². The van der Waals surface area contributed by atoms with E-state index in [0.717, 1.165) is 0 Å². The van der Waals surface area contributed by atoms with Crippen molar-refractivity contribution in [2.24, 2.45) is 11.5 Å². The molecule has 0 aliphatic rings. The van der Waals surface area contributed by atoms with Crippen LogP contribution in [-0.4, -0.2) is 41.0 Å². The Kier molecular flexibility index (Phi) is 5.44. The van der Waals surface area contributed by atoms with Crippen molar-refractivity contribution in [1.82, 2.24) is 10.6 Å². The number of primary amides is 2. The van der Waals surface area contributed by atoms with Gasteiger partial charge in [0.25, 0.3) is 0 Å². The summed E-state index contributed by atoms with van der Waals surface area (Å²) in [5.41, 5.74) is 9.69. The Hall–Kier alpha value is -2.32. The zero-order valence-corrected chi connectivity index (χ0v) is 9.10. The summed E-state index contributed by atoms with van der Waals surface area (Å²) in [6.07, 6.45) is -0.548. The molecule has 9 heteroatoms. The maximum atomic E-state index is 11.2. The lowest BCUT2D eigenvalue weighted by molar-refractivity contribution is -0.140. The number of aliphatic carboxylic acids is 1. The quantitative estimate of drug-likeness (QED) is 0.348. The molecule has 0 aromatic rings. The first-order chi connectivity index (χ1) is 7.73. The summed E-state index contributed by atoms with van der Waals surface area (Å²) in [6, 6.07) is -3.34. The Morgan fingerprint density at radius 2 is 1.71 bits per heavy atom. The Morgan fingerprint density at radius 3 is 2.06 bits per heavy atom. The van der Waals surface area contributed by atoms with Gasteiger partial charge in [-0.25, -0.2) is 9.59 Å². The summed E-state index contributed by atoms with van der Waals surface area (Å²) in [5.74, 6) is -3.06. The van der Waals surface area contributed by atoms with Gasteiger partial charge in [0.1, 0.15) is 12.1 Å². The van der Waals surface area contributed by atoms with E-state index in [0.29, 0.717) is 0 Å². The number of hydrogen-bond donors (Lipinski definition) is 5. The summed E-state index contributed by atoms with van der Waals surface area (Å²) in [5, 5.41) is 12.7. The van der Waals surface area contributed by atoms with E-state index in [4.69, 9.17) is 16.6 Å². The number of carboxylic acids is 1. The van der Waals surface area contributed by atoms with Crippen molar-refractivity contribution < 1.29 is 24.3 Å². The number of carboxylic acid groups (broad SMARTS) is 1. The van der Waals surface area contributed by atoms with Gasteiger partial charge >= 0.3 is 12.0 Å². The zero-order valence-electron chi connectivity index (χ0n) is 9.10. The number of nitrogens with two attached hydrogens (primary N) is 2. The van der Waals surface area contributed by atoms with Crippen LogP contribution in [-0.2, 0) is 14.4 Å². The van der Waals surface area contributed by atoms with E-state index < -0.39 is 42.3 Å². The molecule has 0 aliphatic heterocycles. The second-order valence-corrected chi connectivity index (χ2v) is 3.30. The highest BCUT2D eigenvalue weighted by atomic mass is 16.4. The van der Waals surface area contributed by atoms with E-state index in [1.807, 2.05) is 5.32 Å². The molecule has 7 N–H and O–H groups in total. The van der Waals surface area contributed by atoms with Crippen LogP contribution in [0.15, 0.2) is 0 Å². The van der Waals surface area contributed by atoms with Gasteiger partial charge in [0.15, 0.2) is 0 Å². The van der Waals surface area contributed by atoms with Gasteiger partial charge < -0.3 is 27.2 Å². The van der Waals surface area contributed by atoms with Gasteiger partial charge in [-0.2, -0.15) is 0 Å². The van der Waals surface area contributed by atoms with E-state index in [1.54, 1.807) is 0 Å². The lowest BCUT2D eigenvalue weighted by Crippen LogP contribution is -2.52. The lowest BCUT2D eigenvalue weighted by Gasteiger charge is -2.15. The number of rotatable bonds is 6. The SMILES string of the molecule is CC(NC(=O)N[C@H](CC(N)=O)C(=O)O)C(N)=O. The van der Waals surface area contributed by atoms with Crippen molar-refractivity contribution in [2.75, 3.05) is 0 Å². The van der Waals surface area contributed by atoms with Crippen molar-refractivity contribution >= 4 is 23.8 Å². The predicted molar refractivity (Wildman–Crippen MR) is 55.6 cm³/mol. The van der Waals surface area contributed by atoms with Gasteiger partial charge in [0.05, 0.1) is 6.42 Å². The summed E-state index contributed by atoms with van der Waals surface area (Å²) in [6.45, 7) is 1.33. The molecule has 0 saturated heterocycles. The fraction of sp³-hybridized carbons (Fsp3) is 0.500. The first-order valence-corrected chi connectivity index (χ1v) is 4.61.